The van der Waals surface area contributed by atoms with Crippen molar-refractivity contribution in [3.05, 3.63) is 124 Å². The molecule has 6 aliphatic rings. The summed E-state index contributed by atoms with van der Waals surface area (Å²) in [5, 5.41) is 69.2. The lowest BCUT2D eigenvalue weighted by Crippen LogP contribution is -2.39. The minimum Gasteiger partial charge on any atom is -0.387 e. The van der Waals surface area contributed by atoms with Crippen LogP contribution >= 0.6 is 46.9 Å². The molecule has 26 N–H and O–H groups in total. The Hall–Kier alpha value is -9.13. The van der Waals surface area contributed by atoms with Gasteiger partial charge >= 0.3 is 64.0 Å². The van der Waals surface area contributed by atoms with Crippen molar-refractivity contribution in [2.24, 2.45) is 0 Å². The number of aliphatic hydroxyl groups excluding tert-OH is 6. The van der Waals surface area contributed by atoms with E-state index in [4.69, 9.17) is 102 Å². The van der Waals surface area contributed by atoms with Crippen LogP contribution in [0.5, 0.6) is 0 Å². The topological polar surface area (TPSA) is 948 Å². The first-order valence-corrected chi connectivity index (χ1v) is 46.0. The number of aromatic nitrogens is 18. The Balaban J connectivity index is 0.655. The second-order valence-corrected chi connectivity index (χ2v) is 37.1. The monoisotopic (exact) mass is 1950 g/mol. The molecular formula is C58H75N23O42P6. The SMILES string of the molecule is Cc1cn([C@H]2C[C@H](OP(=O)(O)OC[C@H]3O[C@@H](n4cnc5c(=O)[nH]c(N)nc54)[C@H](O)[C@@H]3OP(=O)(O)OC[C@H]3O[C@@H](n4ccc(N)nc4=O)[C@H](O)[C@@H]3O)[C@@H](COP(=O)(O)O[C@H]3[C@@H](O)[C@H](n4cnc5c(N)ncnc54)O[C@@H]3COP(=O)(O)O[C@H]3[C@@H](O)[C@H](n4ccc(N)nc4=O)O[C@@H]3COP(=O)(O)O[C@H]3[C@@H](O)[C@H](n4cnc5c(=O)[nH]c(N)nc54)O[C@@H]3COP(=O)(O)O)O2)c(=O)[nH]c1=O. The molecule has 6 saturated heterocycles. The van der Waals surface area contributed by atoms with Crippen molar-refractivity contribution in [3.63, 3.8) is 0 Å². The van der Waals surface area contributed by atoms with Crippen LogP contribution in [0.4, 0.5) is 29.4 Å². The fourth-order valence-corrected chi connectivity index (χ4v) is 19.5. The molecule has 5 unspecified atom stereocenters. The number of rotatable bonds is 34. The van der Waals surface area contributed by atoms with Crippen molar-refractivity contribution in [1.29, 1.82) is 0 Å². The van der Waals surface area contributed by atoms with Crippen molar-refractivity contribution in [2.75, 3.05) is 68.3 Å². The fourth-order valence-electron chi connectivity index (χ4n) is 14.4. The first kappa shape index (κ1) is 94.5. The smallest absolute Gasteiger partial charge is 0.387 e. The molecule has 0 saturated carbocycles. The number of H-pyrrole nitrogens is 3. The number of ether oxygens (including phenoxy) is 6. The average Bonchev–Trinajstić information content (AvgIpc) is 1.62. The maximum absolute atomic E-state index is 14.6. The predicted molar refractivity (Wildman–Crippen MR) is 412 cm³/mol. The molecular weight excluding hydrogens is 1880 g/mol. The third-order valence-electron chi connectivity index (χ3n) is 20.3. The van der Waals surface area contributed by atoms with Gasteiger partial charge in [-0.05, 0) is 19.1 Å². The van der Waals surface area contributed by atoms with E-state index in [1.165, 1.54) is 6.92 Å². The van der Waals surface area contributed by atoms with Crippen molar-refractivity contribution in [2.45, 2.75) is 154 Å². The van der Waals surface area contributed by atoms with Crippen molar-refractivity contribution in [1.82, 2.24) is 87.2 Å². The molecule has 6 fully saturated rings. The number of hydrogen-bond donors (Lipinski definition) is 21. The number of phosphoric ester groups is 6. The Morgan fingerprint density at radius 1 is 0.403 bits per heavy atom. The Morgan fingerprint density at radius 3 is 1.19 bits per heavy atom. The van der Waals surface area contributed by atoms with Crippen LogP contribution in [0, 0.1) is 6.92 Å². The largest absolute Gasteiger partial charge is 0.472 e. The summed E-state index contributed by atoms with van der Waals surface area (Å²) in [6.07, 6.45) is -41.3. The van der Waals surface area contributed by atoms with E-state index < -0.39 is 285 Å². The lowest BCUT2D eigenvalue weighted by molar-refractivity contribution is -0.0656. The van der Waals surface area contributed by atoms with Crippen molar-refractivity contribution in [3.8, 4) is 0 Å². The number of fused-ring (bicyclic) bond motifs is 3. The molecule has 28 atom stereocenters. The van der Waals surface area contributed by atoms with Crippen LogP contribution in [0.3, 0.4) is 0 Å². The van der Waals surface area contributed by atoms with Crippen LogP contribution in [0.2, 0.25) is 0 Å². The summed E-state index contributed by atoms with van der Waals surface area (Å²) in [6.45, 7) is -6.58. The molecule has 15 heterocycles. The minimum atomic E-state index is -5.99. The lowest BCUT2D eigenvalue weighted by atomic mass is 10.1. The molecule has 0 aromatic carbocycles. The molecule has 9 aromatic heterocycles. The summed E-state index contributed by atoms with van der Waals surface area (Å²) in [7, 11) is -34.7. The molecule has 0 amide bonds. The van der Waals surface area contributed by atoms with E-state index in [0.717, 1.165) is 78.9 Å². The van der Waals surface area contributed by atoms with Gasteiger partial charge in [0.2, 0.25) is 11.9 Å². The highest BCUT2D eigenvalue weighted by atomic mass is 31.2. The van der Waals surface area contributed by atoms with E-state index >= 15 is 0 Å². The molecule has 0 radical (unpaired) electrons. The van der Waals surface area contributed by atoms with E-state index in [1.54, 1.807) is 0 Å². The molecule has 6 aliphatic heterocycles. The van der Waals surface area contributed by atoms with Gasteiger partial charge in [-0.3, -0.25) is 106 Å². The normalized spacial score (nSPS) is 31.5. The maximum Gasteiger partial charge on any atom is 0.472 e. The number of nitrogens with one attached hydrogen (secondary N) is 3. The molecule has 15 rings (SSSR count). The van der Waals surface area contributed by atoms with Gasteiger partial charge in [0.25, 0.3) is 16.7 Å². The second-order valence-electron chi connectivity index (χ2n) is 28.9. The van der Waals surface area contributed by atoms with Crippen LogP contribution in [0.1, 0.15) is 49.4 Å². The highest BCUT2D eigenvalue weighted by Gasteiger charge is 2.57. The van der Waals surface area contributed by atoms with Gasteiger partial charge in [0.1, 0.15) is 133 Å². The summed E-state index contributed by atoms with van der Waals surface area (Å²) in [5.41, 5.74) is 20.7. The third-order valence-corrected chi connectivity index (χ3v) is 25.7. The van der Waals surface area contributed by atoms with E-state index in [-0.39, 0.29) is 51.0 Å². The first-order valence-electron chi connectivity index (χ1n) is 37.0. The summed E-state index contributed by atoms with van der Waals surface area (Å²) in [6, 6.07) is 2.17. The quantitative estimate of drug-likeness (QED) is 0.0167. The highest BCUT2D eigenvalue weighted by molar-refractivity contribution is 7.48. The number of nitrogen functional groups attached to an aromatic ring is 5. The van der Waals surface area contributed by atoms with Gasteiger partial charge in [-0.15, -0.1) is 0 Å². The van der Waals surface area contributed by atoms with Crippen molar-refractivity contribution < 1.29 is 170 Å². The summed E-state index contributed by atoms with van der Waals surface area (Å²) in [4.78, 5) is 195. The molecule has 65 nitrogen and oxygen atoms in total. The lowest BCUT2D eigenvalue weighted by Gasteiger charge is -2.27. The Kier molecular flexibility index (Phi) is 26.7. The number of anilines is 5. The molecule has 129 heavy (non-hydrogen) atoms. The predicted octanol–water partition coefficient (Wildman–Crippen LogP) is -8.06. The second kappa shape index (κ2) is 36.4. The van der Waals surface area contributed by atoms with Crippen LogP contribution in [0.25, 0.3) is 33.5 Å². The van der Waals surface area contributed by atoms with Gasteiger partial charge in [0, 0.05) is 30.6 Å². The van der Waals surface area contributed by atoms with E-state index in [0.29, 0.717) is 4.57 Å². The number of phosphoric acid groups is 6. The van der Waals surface area contributed by atoms with Crippen LogP contribution < -0.4 is 62.4 Å². The van der Waals surface area contributed by atoms with Gasteiger partial charge < -0.3 is 122 Å². The van der Waals surface area contributed by atoms with E-state index in [1.807, 2.05) is 4.98 Å². The van der Waals surface area contributed by atoms with Gasteiger partial charge in [-0.1, -0.05) is 0 Å². The zero-order chi connectivity index (χ0) is 93.0. The summed E-state index contributed by atoms with van der Waals surface area (Å²) in [5.74, 6) is -1.79. The number of hydrogen-bond acceptors (Lipinski definition) is 49. The number of aryl methyl sites for hydroxylation is 1. The van der Waals surface area contributed by atoms with E-state index in [9.17, 15) is 121 Å². The van der Waals surface area contributed by atoms with Crippen molar-refractivity contribution >= 4 is 110 Å². The van der Waals surface area contributed by atoms with Gasteiger partial charge in [-0.25, -0.2) is 66.7 Å². The molecule has 0 bridgehead atoms. The first-order chi connectivity index (χ1) is 60.6. The zero-order valence-electron chi connectivity index (χ0n) is 64.9. The van der Waals surface area contributed by atoms with Gasteiger partial charge in [0.05, 0.1) is 58.6 Å². The highest BCUT2D eigenvalue weighted by Crippen LogP contribution is 2.57. The Morgan fingerprint density at radius 2 is 0.767 bits per heavy atom. The Labute approximate surface area is 711 Å². The van der Waals surface area contributed by atoms with Gasteiger partial charge in [0.15, 0.2) is 64.9 Å². The molecule has 0 aliphatic carbocycles. The number of aromatic amines is 3. The maximum atomic E-state index is 14.6. The van der Waals surface area contributed by atoms with Gasteiger partial charge in [-0.2, -0.15) is 19.9 Å². The molecule has 71 heteroatoms. The standard InChI is InChI=1S/C58H75N23O42P6/c1-18-7-78(58(93)75-46(18)88)28-6-19(119-125(97,98)110-11-24-41(37(87)53(118-24)81-17-68-31-45(81)72-55(63)74-48(31)90)123-127(101,102)109-9-21-32(82)33(83)49(114-21)76-4-2-26(59)69-56(76)91)20(113-28)8-108-126(99,100)122-40-25(117-51(35(40)85)79-15-66-29-42(61)64-14-65-43(29)79)13-112-129(105,106)121-39-23(115-50(34(39)84)77-5-3-27(60)70-57(77)92)12-111-128(103,104)120-38-22(10-107-124(94,95)96)116-52(36(38)86)80-16-67-30-44(80)71-54(62)73-47(30)89/h2-5,7,14-17,19-25,28,32-41,49-53,82-87H,6,8-13H2,1H3,(H,97,98)(H,99,100)(H,101,102)(H,103,104)(H,105,106)(H2,59,69,91)(H2,60,70,92)(H2,61,64,65)(H,75,88,93)(H2,94,95,96)(H3,62,71,73,89)(H3,63,72,74,90)/t19-,20+,21+,22+,23+,24+,25+,28+,32+,33+,34+,35+,36+,37+,38+,39+,40+,41+,49+,50+,51+,52+,53+/m0/s1. The Bertz CT molecular complexity index is 6430. The van der Waals surface area contributed by atoms with Crippen LogP contribution in [-0.2, 0) is 106 Å². The summed E-state index contributed by atoms with van der Waals surface area (Å²) >= 11 is 0. The molecule has 9 aromatic rings. The minimum absolute atomic E-state index is 0.126. The van der Waals surface area contributed by atoms with Crippen LogP contribution in [-0.4, -0.2) is 296 Å². The molecule has 0 spiro atoms. The van der Waals surface area contributed by atoms with E-state index in [2.05, 4.69) is 59.3 Å². The number of aliphatic hydroxyl groups is 6. The fraction of sp³-hybridized carbons (Fsp3) is 0.534. The third kappa shape index (κ3) is 20.3. The number of nitrogens with zero attached hydrogens (tertiary/aromatic N) is 15. The molecule has 704 valence electrons. The zero-order valence-corrected chi connectivity index (χ0v) is 70.2. The number of nitrogens with two attached hydrogens (primary N) is 5. The average molecular weight is 1950 g/mol. The number of imidazole rings is 3. The summed E-state index contributed by atoms with van der Waals surface area (Å²) < 4.78 is 181. The van der Waals surface area contributed by atoms with Crippen LogP contribution in [0.15, 0.2) is 84.8 Å².